The second-order valence-corrected chi connectivity index (χ2v) is 5.03. The minimum absolute atomic E-state index is 0.0782. The predicted molar refractivity (Wildman–Crippen MR) is 75.9 cm³/mol. The molecule has 1 heterocycles. The molecule has 0 aliphatic carbocycles. The molecule has 0 aliphatic rings. The second-order valence-electron chi connectivity index (χ2n) is 5.03. The summed E-state index contributed by atoms with van der Waals surface area (Å²) in [7, 11) is 0. The van der Waals surface area contributed by atoms with E-state index in [1.165, 1.54) is 6.39 Å². The van der Waals surface area contributed by atoms with E-state index in [4.69, 9.17) is 10.2 Å². The van der Waals surface area contributed by atoms with E-state index in [2.05, 4.69) is 15.5 Å². The van der Waals surface area contributed by atoms with Crippen LogP contribution in [-0.2, 0) is 4.79 Å². The average molecular weight is 274 g/mol. The lowest BCUT2D eigenvalue weighted by Crippen LogP contribution is -2.39. The van der Waals surface area contributed by atoms with Gasteiger partial charge in [-0.05, 0) is 30.5 Å². The van der Waals surface area contributed by atoms with Crippen molar-refractivity contribution in [3.05, 3.63) is 30.2 Å². The Morgan fingerprint density at radius 3 is 2.75 bits per heavy atom. The second kappa shape index (κ2) is 5.83. The van der Waals surface area contributed by atoms with Crippen molar-refractivity contribution in [1.82, 2.24) is 10.2 Å². The number of benzene rings is 1. The number of aryl methyl sites for hydroxylation is 1. The van der Waals surface area contributed by atoms with Crippen molar-refractivity contribution in [2.75, 3.05) is 5.32 Å². The van der Waals surface area contributed by atoms with Gasteiger partial charge in [0.1, 0.15) is 0 Å². The van der Waals surface area contributed by atoms with Gasteiger partial charge in [0.05, 0.1) is 6.04 Å². The maximum atomic E-state index is 12.0. The number of carbonyl (C=O) groups is 1. The minimum atomic E-state index is -0.540. The van der Waals surface area contributed by atoms with Gasteiger partial charge in [-0.3, -0.25) is 4.79 Å². The van der Waals surface area contributed by atoms with E-state index in [9.17, 15) is 4.79 Å². The number of hydrogen-bond acceptors (Lipinski definition) is 5. The Hall–Kier alpha value is -2.21. The van der Waals surface area contributed by atoms with Crippen LogP contribution in [0.15, 0.2) is 29.0 Å². The van der Waals surface area contributed by atoms with E-state index in [0.29, 0.717) is 11.6 Å². The van der Waals surface area contributed by atoms with Crippen LogP contribution >= 0.6 is 0 Å². The number of aromatic nitrogens is 2. The Morgan fingerprint density at radius 2 is 2.15 bits per heavy atom. The molecular formula is C14H18N4O2. The molecule has 3 N–H and O–H groups in total. The summed E-state index contributed by atoms with van der Waals surface area (Å²) in [5.41, 5.74) is 8.23. The first-order valence-corrected chi connectivity index (χ1v) is 6.42. The first-order valence-electron chi connectivity index (χ1n) is 6.42. The molecule has 0 unspecified atom stereocenters. The summed E-state index contributed by atoms with van der Waals surface area (Å²) in [5, 5.41) is 10.3. The third-order valence-electron chi connectivity index (χ3n) is 3.12. The largest absolute Gasteiger partial charge is 0.423 e. The number of rotatable bonds is 4. The van der Waals surface area contributed by atoms with E-state index in [-0.39, 0.29) is 11.8 Å². The van der Waals surface area contributed by atoms with Gasteiger partial charge in [-0.25, -0.2) is 0 Å². The molecule has 6 nitrogen and oxygen atoms in total. The molecular weight excluding hydrogens is 256 g/mol. The van der Waals surface area contributed by atoms with Gasteiger partial charge in [0, 0.05) is 11.3 Å². The van der Waals surface area contributed by atoms with Crippen LogP contribution in [0.3, 0.4) is 0 Å². The smallest absolute Gasteiger partial charge is 0.247 e. The van der Waals surface area contributed by atoms with Crippen LogP contribution in [0.25, 0.3) is 11.5 Å². The molecule has 0 fully saturated rings. The summed E-state index contributed by atoms with van der Waals surface area (Å²) in [4.78, 5) is 12.0. The van der Waals surface area contributed by atoms with Gasteiger partial charge in [0.25, 0.3) is 0 Å². The quantitative estimate of drug-likeness (QED) is 0.888. The first kappa shape index (κ1) is 14.2. The highest BCUT2D eigenvalue weighted by atomic mass is 16.4. The van der Waals surface area contributed by atoms with Crippen LogP contribution in [0.2, 0.25) is 0 Å². The normalized spacial score (nSPS) is 12.4. The molecule has 2 rings (SSSR count). The minimum Gasteiger partial charge on any atom is -0.423 e. The number of amides is 1. The van der Waals surface area contributed by atoms with E-state index in [1.807, 2.05) is 32.9 Å². The molecule has 0 radical (unpaired) electrons. The molecule has 1 atom stereocenters. The highest BCUT2D eigenvalue weighted by Crippen LogP contribution is 2.24. The van der Waals surface area contributed by atoms with Gasteiger partial charge in [-0.1, -0.05) is 19.9 Å². The van der Waals surface area contributed by atoms with Crippen molar-refractivity contribution >= 4 is 11.6 Å². The van der Waals surface area contributed by atoms with Crippen LogP contribution in [0.1, 0.15) is 19.4 Å². The molecule has 0 saturated heterocycles. The summed E-state index contributed by atoms with van der Waals surface area (Å²) in [5.74, 6) is 0.286. The topological polar surface area (TPSA) is 94.0 Å². The molecule has 1 aromatic heterocycles. The van der Waals surface area contributed by atoms with Crippen molar-refractivity contribution < 1.29 is 9.21 Å². The van der Waals surface area contributed by atoms with E-state index < -0.39 is 6.04 Å². The number of anilines is 1. The van der Waals surface area contributed by atoms with Gasteiger partial charge in [-0.2, -0.15) is 0 Å². The van der Waals surface area contributed by atoms with Crippen LogP contribution < -0.4 is 11.1 Å². The third-order valence-corrected chi connectivity index (χ3v) is 3.12. The van der Waals surface area contributed by atoms with Gasteiger partial charge in [0.15, 0.2) is 0 Å². The zero-order chi connectivity index (χ0) is 14.7. The Labute approximate surface area is 117 Å². The van der Waals surface area contributed by atoms with E-state index in [0.717, 1.165) is 11.1 Å². The molecule has 20 heavy (non-hydrogen) atoms. The molecule has 2 aromatic rings. The highest BCUT2D eigenvalue weighted by Gasteiger charge is 2.18. The number of nitrogens with two attached hydrogens (primary N) is 1. The molecule has 0 bridgehead atoms. The van der Waals surface area contributed by atoms with Gasteiger partial charge >= 0.3 is 0 Å². The van der Waals surface area contributed by atoms with Gasteiger partial charge in [0.2, 0.25) is 18.2 Å². The number of hydrogen-bond donors (Lipinski definition) is 2. The van der Waals surface area contributed by atoms with E-state index in [1.54, 1.807) is 6.07 Å². The Bertz CT molecular complexity index is 593. The monoisotopic (exact) mass is 274 g/mol. The van der Waals surface area contributed by atoms with Gasteiger partial charge in [-0.15, -0.1) is 10.2 Å². The Morgan fingerprint density at radius 1 is 1.40 bits per heavy atom. The van der Waals surface area contributed by atoms with Crippen LogP contribution in [0, 0.1) is 12.8 Å². The lowest BCUT2D eigenvalue weighted by molar-refractivity contribution is -0.118. The number of nitrogens with one attached hydrogen (secondary N) is 1. The first-order chi connectivity index (χ1) is 9.49. The van der Waals surface area contributed by atoms with Crippen molar-refractivity contribution in [2.45, 2.75) is 26.8 Å². The molecule has 106 valence electrons. The van der Waals surface area contributed by atoms with Crippen LogP contribution in [0.5, 0.6) is 0 Å². The number of nitrogens with zero attached hydrogens (tertiary/aromatic N) is 2. The molecule has 1 aromatic carbocycles. The SMILES string of the molecule is Cc1ccc(-c2nnco2)cc1NC(=O)[C@H](N)C(C)C. The number of carbonyl (C=O) groups excluding carboxylic acids is 1. The van der Waals surface area contributed by atoms with Crippen molar-refractivity contribution in [3.63, 3.8) is 0 Å². The summed E-state index contributed by atoms with van der Waals surface area (Å²) in [6, 6.07) is 5.01. The van der Waals surface area contributed by atoms with Crippen LogP contribution in [-0.4, -0.2) is 22.1 Å². The zero-order valence-electron chi connectivity index (χ0n) is 11.8. The van der Waals surface area contributed by atoms with Gasteiger partial charge < -0.3 is 15.5 Å². The molecule has 1 amide bonds. The van der Waals surface area contributed by atoms with Crippen molar-refractivity contribution in [3.8, 4) is 11.5 Å². The molecule has 6 heteroatoms. The Kier molecular flexibility index (Phi) is 4.14. The lowest BCUT2D eigenvalue weighted by Gasteiger charge is -2.16. The fraction of sp³-hybridized carbons (Fsp3) is 0.357. The summed E-state index contributed by atoms with van der Waals surface area (Å²) in [6.07, 6.45) is 1.27. The fourth-order valence-corrected chi connectivity index (χ4v) is 1.71. The maximum absolute atomic E-state index is 12.0. The van der Waals surface area contributed by atoms with Crippen molar-refractivity contribution in [1.29, 1.82) is 0 Å². The molecule has 0 spiro atoms. The highest BCUT2D eigenvalue weighted by molar-refractivity contribution is 5.96. The average Bonchev–Trinajstić information content (AvgIpc) is 2.94. The summed E-state index contributed by atoms with van der Waals surface area (Å²) < 4.78 is 5.15. The summed E-state index contributed by atoms with van der Waals surface area (Å²) >= 11 is 0. The van der Waals surface area contributed by atoms with Crippen molar-refractivity contribution in [2.24, 2.45) is 11.7 Å². The molecule has 0 saturated carbocycles. The van der Waals surface area contributed by atoms with Crippen LogP contribution in [0.4, 0.5) is 5.69 Å². The maximum Gasteiger partial charge on any atom is 0.247 e. The van der Waals surface area contributed by atoms with E-state index >= 15 is 0 Å². The zero-order valence-corrected chi connectivity index (χ0v) is 11.8. The summed E-state index contributed by atoms with van der Waals surface area (Å²) in [6.45, 7) is 5.73. The standard InChI is InChI=1S/C14H18N4O2/c1-8(2)12(15)13(19)17-11-6-10(5-4-9(11)3)14-18-16-7-20-14/h4-8,12H,15H2,1-3H3,(H,17,19)/t12-/m1/s1. The lowest BCUT2D eigenvalue weighted by atomic mass is 10.0. The molecule has 0 aliphatic heterocycles. The Balaban J connectivity index is 2.24. The fourth-order valence-electron chi connectivity index (χ4n) is 1.71. The third kappa shape index (κ3) is 3.03. The predicted octanol–water partition coefficient (Wildman–Crippen LogP) is 1.97.